The maximum absolute atomic E-state index is 13.4. The van der Waals surface area contributed by atoms with Gasteiger partial charge in [0.25, 0.3) is 0 Å². The largest absolute Gasteiger partial charge is 0.256 e. The smallest absolute Gasteiger partial charge is 0.126 e. The fraction of sp³-hybridized carbons (Fsp3) is 0.0833. The Balaban J connectivity index is 2.77. The summed E-state index contributed by atoms with van der Waals surface area (Å²) in [7, 11) is 0. The highest BCUT2D eigenvalue weighted by molar-refractivity contribution is 5.89. The Morgan fingerprint density at radius 2 is 2.14 bits per heavy atom. The van der Waals surface area contributed by atoms with Crippen LogP contribution in [0.2, 0.25) is 0 Å². The van der Waals surface area contributed by atoms with Crippen molar-refractivity contribution in [1.29, 1.82) is 0 Å². The first-order chi connectivity index (χ1) is 6.83. The van der Waals surface area contributed by atoms with E-state index in [-0.39, 0.29) is 5.83 Å². The van der Waals surface area contributed by atoms with E-state index in [1.807, 2.05) is 24.3 Å². The maximum atomic E-state index is 13.4. The van der Waals surface area contributed by atoms with Gasteiger partial charge in [0.05, 0.1) is 5.52 Å². The summed E-state index contributed by atoms with van der Waals surface area (Å²) < 4.78 is 13.4. The number of fused-ring (bicyclic) bond motifs is 1. The van der Waals surface area contributed by atoms with Crippen molar-refractivity contribution in [1.82, 2.24) is 4.98 Å². The van der Waals surface area contributed by atoms with E-state index in [1.54, 1.807) is 19.2 Å². The summed E-state index contributed by atoms with van der Waals surface area (Å²) in [6.07, 6.45) is 3.17. The molecule has 0 fully saturated rings. The Hall–Kier alpha value is -1.70. The van der Waals surface area contributed by atoms with Crippen LogP contribution in [0.4, 0.5) is 4.39 Å². The van der Waals surface area contributed by atoms with Crippen molar-refractivity contribution in [2.45, 2.75) is 6.92 Å². The Morgan fingerprint density at radius 3 is 2.93 bits per heavy atom. The van der Waals surface area contributed by atoms with Crippen molar-refractivity contribution in [2.75, 3.05) is 0 Å². The summed E-state index contributed by atoms with van der Waals surface area (Å²) in [5.41, 5.74) is 1.43. The van der Waals surface area contributed by atoms with Crippen molar-refractivity contribution in [3.8, 4) is 0 Å². The van der Waals surface area contributed by atoms with Crippen LogP contribution in [-0.4, -0.2) is 4.98 Å². The standard InChI is InChI=1S/C12H10FN/c1-2-11(13)9-5-3-7-12-10(9)6-4-8-14-12/h2-8H,1H3/b11-2-. The quantitative estimate of drug-likeness (QED) is 0.665. The van der Waals surface area contributed by atoms with Crippen LogP contribution in [0.15, 0.2) is 42.6 Å². The summed E-state index contributed by atoms with van der Waals surface area (Å²) in [6, 6.07) is 9.14. The van der Waals surface area contributed by atoms with Crippen LogP contribution in [0.5, 0.6) is 0 Å². The van der Waals surface area contributed by atoms with E-state index in [1.165, 1.54) is 6.08 Å². The number of nitrogens with zero attached hydrogens (tertiary/aromatic N) is 1. The van der Waals surface area contributed by atoms with Crippen molar-refractivity contribution in [3.63, 3.8) is 0 Å². The Kier molecular flexibility index (Phi) is 2.27. The number of halogens is 1. The first-order valence-corrected chi connectivity index (χ1v) is 4.49. The van der Waals surface area contributed by atoms with Crippen molar-refractivity contribution < 1.29 is 4.39 Å². The number of hydrogen-bond donors (Lipinski definition) is 0. The van der Waals surface area contributed by atoms with Crippen LogP contribution in [0, 0.1) is 0 Å². The topological polar surface area (TPSA) is 12.9 Å². The molecular weight excluding hydrogens is 177 g/mol. The average Bonchev–Trinajstić information content (AvgIpc) is 2.27. The van der Waals surface area contributed by atoms with Crippen molar-refractivity contribution in [2.24, 2.45) is 0 Å². The number of allylic oxidation sites excluding steroid dienone is 1. The molecule has 0 unspecified atom stereocenters. The van der Waals surface area contributed by atoms with E-state index >= 15 is 0 Å². The fourth-order valence-corrected chi connectivity index (χ4v) is 1.47. The number of benzene rings is 1. The molecular formula is C12H10FN. The van der Waals surface area contributed by atoms with Crippen LogP contribution in [0.1, 0.15) is 12.5 Å². The van der Waals surface area contributed by atoms with Crippen LogP contribution in [0.25, 0.3) is 16.7 Å². The molecule has 0 radical (unpaired) electrons. The fourth-order valence-electron chi connectivity index (χ4n) is 1.47. The van der Waals surface area contributed by atoms with Crippen molar-refractivity contribution >= 4 is 16.7 Å². The van der Waals surface area contributed by atoms with Crippen LogP contribution < -0.4 is 0 Å². The van der Waals surface area contributed by atoms with Gasteiger partial charge in [0.1, 0.15) is 5.83 Å². The molecule has 0 spiro atoms. The molecule has 0 aliphatic rings. The van der Waals surface area contributed by atoms with Gasteiger partial charge in [-0.15, -0.1) is 0 Å². The molecule has 0 bridgehead atoms. The van der Waals surface area contributed by atoms with Gasteiger partial charge >= 0.3 is 0 Å². The van der Waals surface area contributed by atoms with E-state index in [4.69, 9.17) is 0 Å². The summed E-state index contributed by atoms with van der Waals surface area (Å²) in [5, 5.41) is 0.852. The first-order valence-electron chi connectivity index (χ1n) is 4.49. The van der Waals surface area contributed by atoms with E-state index in [9.17, 15) is 4.39 Å². The summed E-state index contributed by atoms with van der Waals surface area (Å²) in [5.74, 6) is -0.205. The molecule has 2 heteroatoms. The SMILES string of the molecule is C/C=C(\F)c1cccc2ncccc12. The Labute approximate surface area is 81.9 Å². The minimum Gasteiger partial charge on any atom is -0.256 e. The van der Waals surface area contributed by atoms with Gasteiger partial charge in [0, 0.05) is 17.1 Å². The molecule has 0 N–H and O–H groups in total. The van der Waals surface area contributed by atoms with Gasteiger partial charge < -0.3 is 0 Å². The number of hydrogen-bond acceptors (Lipinski definition) is 1. The summed E-state index contributed by atoms with van der Waals surface area (Å²) >= 11 is 0. The monoisotopic (exact) mass is 187 g/mol. The molecule has 0 saturated heterocycles. The molecule has 0 aliphatic heterocycles. The normalized spacial score (nSPS) is 12.0. The highest BCUT2D eigenvalue weighted by Crippen LogP contribution is 2.24. The number of rotatable bonds is 1. The van der Waals surface area contributed by atoms with Gasteiger partial charge in [0.15, 0.2) is 0 Å². The lowest BCUT2D eigenvalue weighted by molar-refractivity contribution is 0.760. The van der Waals surface area contributed by atoms with Gasteiger partial charge in [-0.25, -0.2) is 4.39 Å². The van der Waals surface area contributed by atoms with Crippen LogP contribution in [0.3, 0.4) is 0 Å². The maximum Gasteiger partial charge on any atom is 0.126 e. The molecule has 70 valence electrons. The Morgan fingerprint density at radius 1 is 1.29 bits per heavy atom. The van der Waals surface area contributed by atoms with Gasteiger partial charge in [-0.1, -0.05) is 24.3 Å². The molecule has 2 aromatic rings. The second-order valence-electron chi connectivity index (χ2n) is 3.01. The summed E-state index contributed by atoms with van der Waals surface area (Å²) in [6.45, 7) is 1.69. The average molecular weight is 187 g/mol. The lowest BCUT2D eigenvalue weighted by atomic mass is 10.1. The zero-order valence-corrected chi connectivity index (χ0v) is 7.87. The molecule has 0 atom stereocenters. The summed E-state index contributed by atoms with van der Waals surface area (Å²) in [4.78, 5) is 4.16. The van der Waals surface area contributed by atoms with E-state index < -0.39 is 0 Å². The van der Waals surface area contributed by atoms with Gasteiger partial charge in [-0.2, -0.15) is 0 Å². The molecule has 2 rings (SSSR count). The second-order valence-corrected chi connectivity index (χ2v) is 3.01. The zero-order chi connectivity index (χ0) is 9.97. The molecule has 1 aromatic heterocycles. The third kappa shape index (κ3) is 1.39. The minimum absolute atomic E-state index is 0.205. The third-order valence-electron chi connectivity index (χ3n) is 2.16. The Bertz CT molecular complexity index is 483. The van der Waals surface area contributed by atoms with Gasteiger partial charge in [-0.3, -0.25) is 4.98 Å². The predicted molar refractivity (Wildman–Crippen MR) is 56.5 cm³/mol. The molecule has 1 heterocycles. The molecule has 0 amide bonds. The van der Waals surface area contributed by atoms with E-state index in [0.29, 0.717) is 5.56 Å². The zero-order valence-electron chi connectivity index (χ0n) is 7.87. The van der Waals surface area contributed by atoms with Gasteiger partial charge in [-0.05, 0) is 19.1 Å². The first kappa shape index (κ1) is 8.88. The molecule has 1 nitrogen and oxygen atoms in total. The van der Waals surface area contributed by atoms with Crippen LogP contribution in [-0.2, 0) is 0 Å². The highest BCUT2D eigenvalue weighted by atomic mass is 19.1. The second kappa shape index (κ2) is 3.58. The molecule has 0 saturated carbocycles. The highest BCUT2D eigenvalue weighted by Gasteiger charge is 2.04. The lowest BCUT2D eigenvalue weighted by Gasteiger charge is -2.02. The van der Waals surface area contributed by atoms with E-state index in [0.717, 1.165) is 10.9 Å². The van der Waals surface area contributed by atoms with Gasteiger partial charge in [0.2, 0.25) is 0 Å². The predicted octanol–water partition coefficient (Wildman–Crippen LogP) is 3.57. The number of pyridine rings is 1. The third-order valence-corrected chi connectivity index (χ3v) is 2.16. The molecule has 0 aliphatic carbocycles. The molecule has 1 aromatic carbocycles. The van der Waals surface area contributed by atoms with Crippen LogP contribution >= 0.6 is 0 Å². The minimum atomic E-state index is -0.205. The number of aromatic nitrogens is 1. The lowest BCUT2D eigenvalue weighted by Crippen LogP contribution is -1.83. The van der Waals surface area contributed by atoms with E-state index in [2.05, 4.69) is 4.98 Å². The molecule has 14 heavy (non-hydrogen) atoms. The van der Waals surface area contributed by atoms with Crippen molar-refractivity contribution in [3.05, 3.63) is 48.2 Å².